The first-order chi connectivity index (χ1) is 14.0. The summed E-state index contributed by atoms with van der Waals surface area (Å²) >= 11 is 0. The molecule has 1 saturated heterocycles. The Balaban J connectivity index is 1.53. The van der Waals surface area contributed by atoms with Gasteiger partial charge in [0.25, 0.3) is 0 Å². The lowest BCUT2D eigenvalue weighted by atomic mass is 9.89. The summed E-state index contributed by atoms with van der Waals surface area (Å²) in [5.74, 6) is 0.929. The highest BCUT2D eigenvalue weighted by Gasteiger charge is 2.30. The van der Waals surface area contributed by atoms with Crippen molar-refractivity contribution in [2.24, 2.45) is 10.9 Å². The average molecular weight is 405 g/mol. The minimum Gasteiger partial charge on any atom is -0.373 e. The van der Waals surface area contributed by atoms with Gasteiger partial charge in [0.15, 0.2) is 5.96 Å². The first-order valence-corrected chi connectivity index (χ1v) is 9.74. The zero-order valence-corrected chi connectivity index (χ0v) is 16.4. The molecule has 4 nitrogen and oxygen atoms in total. The van der Waals surface area contributed by atoms with Crippen LogP contribution in [0.1, 0.15) is 35.6 Å². The van der Waals surface area contributed by atoms with E-state index in [1.807, 2.05) is 18.2 Å². The van der Waals surface area contributed by atoms with Crippen LogP contribution in [0, 0.1) is 5.92 Å². The van der Waals surface area contributed by atoms with E-state index in [9.17, 15) is 13.2 Å². The molecule has 1 fully saturated rings. The van der Waals surface area contributed by atoms with Crippen molar-refractivity contribution >= 4 is 5.96 Å². The summed E-state index contributed by atoms with van der Waals surface area (Å²) in [6.07, 6.45) is -2.19. The molecule has 2 unspecified atom stereocenters. The van der Waals surface area contributed by atoms with Crippen LogP contribution in [0.3, 0.4) is 0 Å². The monoisotopic (exact) mass is 405 g/mol. The molecule has 1 aliphatic heterocycles. The van der Waals surface area contributed by atoms with Gasteiger partial charge in [-0.15, -0.1) is 0 Å². The molecule has 29 heavy (non-hydrogen) atoms. The van der Waals surface area contributed by atoms with Crippen LogP contribution in [-0.4, -0.2) is 26.2 Å². The number of benzene rings is 2. The summed E-state index contributed by atoms with van der Waals surface area (Å²) in [7, 11) is 1.67. The minimum atomic E-state index is -4.32. The van der Waals surface area contributed by atoms with Crippen molar-refractivity contribution < 1.29 is 17.9 Å². The number of ether oxygens (including phenoxy) is 1. The standard InChI is InChI=1S/C22H26F3N3O/c1-26-21(27-14-16-9-11-19(12-10-16)22(23,24)25)28-15-18-8-5-13-29-20(18)17-6-3-2-4-7-17/h2-4,6-7,9-12,18,20H,5,8,13-15H2,1H3,(H2,26,27,28). The third kappa shape index (κ3) is 5.97. The molecule has 2 aromatic rings. The second-order valence-electron chi connectivity index (χ2n) is 7.11. The van der Waals surface area contributed by atoms with Gasteiger partial charge in [-0.1, -0.05) is 42.5 Å². The fourth-order valence-corrected chi connectivity index (χ4v) is 3.51. The maximum atomic E-state index is 12.7. The second-order valence-corrected chi connectivity index (χ2v) is 7.11. The second kappa shape index (κ2) is 9.78. The van der Waals surface area contributed by atoms with Crippen LogP contribution in [0.2, 0.25) is 0 Å². The van der Waals surface area contributed by atoms with E-state index in [1.54, 1.807) is 7.05 Å². The van der Waals surface area contributed by atoms with E-state index in [2.05, 4.69) is 27.8 Å². The summed E-state index contributed by atoms with van der Waals surface area (Å²) in [6.45, 7) is 1.85. The number of rotatable bonds is 5. The van der Waals surface area contributed by atoms with Gasteiger partial charge in [0.1, 0.15) is 0 Å². The zero-order valence-electron chi connectivity index (χ0n) is 16.4. The molecule has 1 aliphatic rings. The summed E-state index contributed by atoms with van der Waals surface area (Å²) in [5, 5.41) is 6.48. The Morgan fingerprint density at radius 3 is 2.45 bits per heavy atom. The molecule has 0 radical (unpaired) electrons. The SMILES string of the molecule is CN=C(NCc1ccc(C(F)(F)F)cc1)NCC1CCCOC1c1ccccc1. The first-order valence-electron chi connectivity index (χ1n) is 9.74. The number of guanidine groups is 1. The molecule has 7 heteroatoms. The summed E-state index contributed by atoms with van der Waals surface area (Å²) in [4.78, 5) is 4.22. The van der Waals surface area contributed by atoms with Gasteiger partial charge in [-0.2, -0.15) is 13.2 Å². The van der Waals surface area contributed by atoms with Crippen LogP contribution in [0.25, 0.3) is 0 Å². The van der Waals surface area contributed by atoms with Crippen molar-refractivity contribution in [1.29, 1.82) is 0 Å². The molecule has 2 atom stereocenters. The van der Waals surface area contributed by atoms with Crippen LogP contribution < -0.4 is 10.6 Å². The first kappa shape index (κ1) is 21.2. The lowest BCUT2D eigenvalue weighted by molar-refractivity contribution is -0.137. The van der Waals surface area contributed by atoms with Crippen molar-refractivity contribution in [2.45, 2.75) is 31.7 Å². The van der Waals surface area contributed by atoms with E-state index in [4.69, 9.17) is 4.74 Å². The van der Waals surface area contributed by atoms with Gasteiger partial charge in [-0.25, -0.2) is 0 Å². The van der Waals surface area contributed by atoms with Crippen LogP contribution >= 0.6 is 0 Å². The fraction of sp³-hybridized carbons (Fsp3) is 0.409. The topological polar surface area (TPSA) is 45.7 Å². The highest BCUT2D eigenvalue weighted by Crippen LogP contribution is 2.33. The average Bonchev–Trinajstić information content (AvgIpc) is 2.74. The van der Waals surface area contributed by atoms with Gasteiger partial charge in [0, 0.05) is 32.7 Å². The highest BCUT2D eigenvalue weighted by atomic mass is 19.4. The molecular weight excluding hydrogens is 379 g/mol. The summed E-state index contributed by atoms with van der Waals surface area (Å²) in [6, 6.07) is 15.3. The molecule has 1 heterocycles. The van der Waals surface area contributed by atoms with Crippen LogP contribution in [0.15, 0.2) is 59.6 Å². The van der Waals surface area contributed by atoms with Crippen molar-refractivity contribution in [3.63, 3.8) is 0 Å². The number of aliphatic imine (C=N–C) groups is 1. The third-order valence-corrected chi connectivity index (χ3v) is 5.07. The smallest absolute Gasteiger partial charge is 0.373 e. The molecule has 2 aromatic carbocycles. The van der Waals surface area contributed by atoms with E-state index < -0.39 is 11.7 Å². The Morgan fingerprint density at radius 1 is 1.07 bits per heavy atom. The Kier molecular flexibility index (Phi) is 7.14. The van der Waals surface area contributed by atoms with Crippen molar-refractivity contribution in [3.8, 4) is 0 Å². The molecule has 0 bridgehead atoms. The predicted octanol–water partition coefficient (Wildman–Crippen LogP) is 4.54. The van der Waals surface area contributed by atoms with E-state index in [0.717, 1.165) is 37.1 Å². The van der Waals surface area contributed by atoms with Crippen LogP contribution in [0.5, 0.6) is 0 Å². The summed E-state index contributed by atoms with van der Waals surface area (Å²) in [5.41, 5.74) is 1.28. The van der Waals surface area contributed by atoms with E-state index >= 15 is 0 Å². The number of hydrogen-bond donors (Lipinski definition) is 2. The molecule has 0 saturated carbocycles. The van der Waals surface area contributed by atoms with Gasteiger partial charge < -0.3 is 15.4 Å². The number of alkyl halides is 3. The maximum Gasteiger partial charge on any atom is 0.416 e. The van der Waals surface area contributed by atoms with Crippen LogP contribution in [0.4, 0.5) is 13.2 Å². The van der Waals surface area contributed by atoms with Gasteiger partial charge in [-0.05, 0) is 36.1 Å². The molecule has 0 aromatic heterocycles. The molecule has 3 rings (SSSR count). The molecule has 0 spiro atoms. The highest BCUT2D eigenvalue weighted by molar-refractivity contribution is 5.79. The molecule has 0 amide bonds. The largest absolute Gasteiger partial charge is 0.416 e. The van der Waals surface area contributed by atoms with Gasteiger partial charge >= 0.3 is 6.18 Å². The molecule has 2 N–H and O–H groups in total. The van der Waals surface area contributed by atoms with Crippen molar-refractivity contribution in [3.05, 3.63) is 71.3 Å². The number of hydrogen-bond acceptors (Lipinski definition) is 2. The van der Waals surface area contributed by atoms with Crippen molar-refractivity contribution in [1.82, 2.24) is 10.6 Å². The Morgan fingerprint density at radius 2 is 1.79 bits per heavy atom. The third-order valence-electron chi connectivity index (χ3n) is 5.07. The van der Waals surface area contributed by atoms with E-state index in [0.29, 0.717) is 25.0 Å². The minimum absolute atomic E-state index is 0.0467. The lowest BCUT2D eigenvalue weighted by Gasteiger charge is -2.32. The number of nitrogens with one attached hydrogen (secondary N) is 2. The predicted molar refractivity (Wildman–Crippen MR) is 108 cm³/mol. The summed E-state index contributed by atoms with van der Waals surface area (Å²) < 4.78 is 44.0. The number of nitrogens with zero attached hydrogens (tertiary/aromatic N) is 1. The van der Waals surface area contributed by atoms with E-state index in [1.165, 1.54) is 17.7 Å². The molecular formula is C22H26F3N3O. The maximum absolute atomic E-state index is 12.7. The van der Waals surface area contributed by atoms with Crippen LogP contribution in [-0.2, 0) is 17.5 Å². The number of halogens is 3. The molecule has 0 aliphatic carbocycles. The Bertz CT molecular complexity index is 791. The quantitative estimate of drug-likeness (QED) is 0.567. The Labute approximate surface area is 169 Å². The lowest BCUT2D eigenvalue weighted by Crippen LogP contribution is -2.41. The van der Waals surface area contributed by atoms with Gasteiger partial charge in [-0.3, -0.25) is 4.99 Å². The fourth-order valence-electron chi connectivity index (χ4n) is 3.51. The Hall–Kier alpha value is -2.54. The van der Waals surface area contributed by atoms with Gasteiger partial charge in [0.05, 0.1) is 11.7 Å². The van der Waals surface area contributed by atoms with E-state index in [-0.39, 0.29) is 6.10 Å². The molecule has 156 valence electrons. The normalized spacial score (nSPS) is 20.3. The zero-order chi connectivity index (χ0) is 20.7. The van der Waals surface area contributed by atoms with Crippen molar-refractivity contribution in [2.75, 3.05) is 20.2 Å². The van der Waals surface area contributed by atoms with Gasteiger partial charge in [0.2, 0.25) is 0 Å².